The highest BCUT2D eigenvalue weighted by Crippen LogP contribution is 1.86. The van der Waals surface area contributed by atoms with Crippen molar-refractivity contribution in [3.8, 4) is 0 Å². The zero-order valence-electron chi connectivity index (χ0n) is 8.41. The molecule has 0 saturated carbocycles. The van der Waals surface area contributed by atoms with E-state index in [1.54, 1.807) is 12.3 Å². The first kappa shape index (κ1) is 12.9. The van der Waals surface area contributed by atoms with Crippen LogP contribution in [0.1, 0.15) is 0 Å². The number of aromatic nitrogens is 4. The van der Waals surface area contributed by atoms with Crippen LogP contribution in [0, 0.1) is 0 Å². The van der Waals surface area contributed by atoms with E-state index in [0.29, 0.717) is 10.7 Å². The Morgan fingerprint density at radius 3 is 2.53 bits per heavy atom. The van der Waals surface area contributed by atoms with E-state index in [1.165, 1.54) is 24.8 Å². The van der Waals surface area contributed by atoms with Gasteiger partial charge in [-0.25, -0.2) is 14.3 Å². The standard InChI is InChI=1S/C4H5N3.C3H4N2O4S/c5-4-1-2-6-3-7-4;6-10(7,8)9-5-3-1-2-4-5/h1-3H,(H2,5,6,7);1-3H,(H,6,7,8). The fourth-order valence-corrected chi connectivity index (χ4v) is 0.978. The molecule has 17 heavy (non-hydrogen) atoms. The van der Waals surface area contributed by atoms with Gasteiger partial charge in [0, 0.05) is 6.20 Å². The molecule has 0 aliphatic rings. The van der Waals surface area contributed by atoms with Gasteiger partial charge in [0.05, 0.1) is 12.4 Å². The Morgan fingerprint density at radius 1 is 1.41 bits per heavy atom. The van der Waals surface area contributed by atoms with Gasteiger partial charge in [-0.3, -0.25) is 4.55 Å². The van der Waals surface area contributed by atoms with E-state index < -0.39 is 10.4 Å². The van der Waals surface area contributed by atoms with Gasteiger partial charge in [-0.2, -0.15) is 8.42 Å². The van der Waals surface area contributed by atoms with Crippen molar-refractivity contribution in [1.29, 1.82) is 0 Å². The molecule has 0 radical (unpaired) electrons. The van der Waals surface area contributed by atoms with Crippen molar-refractivity contribution in [2.24, 2.45) is 0 Å². The van der Waals surface area contributed by atoms with Crippen LogP contribution in [0.15, 0.2) is 37.1 Å². The normalized spacial score (nSPS) is 10.2. The predicted octanol–water partition coefficient (Wildman–Crippen LogP) is -0.827. The number of nitrogens with two attached hydrogens (primary N) is 1. The molecule has 2 aromatic rings. The van der Waals surface area contributed by atoms with Crippen LogP contribution in [0.25, 0.3) is 0 Å². The number of nitrogens with zero attached hydrogens (tertiary/aromatic N) is 4. The van der Waals surface area contributed by atoms with Gasteiger partial charge in [0.2, 0.25) is 0 Å². The van der Waals surface area contributed by atoms with Crippen LogP contribution in [0.5, 0.6) is 0 Å². The second kappa shape index (κ2) is 5.77. The molecule has 2 aromatic heterocycles. The molecule has 0 saturated heterocycles. The Labute approximate surface area is 96.8 Å². The molecule has 0 spiro atoms. The Morgan fingerprint density at radius 2 is 2.18 bits per heavy atom. The summed E-state index contributed by atoms with van der Waals surface area (Å²) in [4.78, 5) is 7.92. The van der Waals surface area contributed by atoms with Crippen molar-refractivity contribution in [2.45, 2.75) is 0 Å². The molecule has 9 nitrogen and oxygen atoms in total. The topological polar surface area (TPSA) is 133 Å². The molecule has 0 bridgehead atoms. The van der Waals surface area contributed by atoms with E-state index in [9.17, 15) is 8.42 Å². The second-order valence-corrected chi connectivity index (χ2v) is 3.55. The first-order valence-corrected chi connectivity index (χ1v) is 5.52. The summed E-state index contributed by atoms with van der Waals surface area (Å²) in [7, 11) is -4.45. The summed E-state index contributed by atoms with van der Waals surface area (Å²) in [5.41, 5.74) is 5.21. The van der Waals surface area contributed by atoms with Gasteiger partial charge < -0.3 is 5.73 Å². The highest BCUT2D eigenvalue weighted by molar-refractivity contribution is 7.81. The molecule has 0 aromatic carbocycles. The van der Waals surface area contributed by atoms with Crippen LogP contribution in [-0.2, 0) is 10.4 Å². The number of anilines is 1. The quantitative estimate of drug-likeness (QED) is 0.668. The smallest absolute Gasteiger partial charge is 0.384 e. The maximum atomic E-state index is 9.97. The van der Waals surface area contributed by atoms with Crippen LogP contribution < -0.4 is 10.0 Å². The van der Waals surface area contributed by atoms with Gasteiger partial charge >= 0.3 is 10.4 Å². The van der Waals surface area contributed by atoms with Gasteiger partial charge in [0.25, 0.3) is 0 Å². The van der Waals surface area contributed by atoms with Crippen molar-refractivity contribution in [2.75, 3.05) is 5.73 Å². The maximum Gasteiger partial charge on any atom is 0.466 e. The summed E-state index contributed by atoms with van der Waals surface area (Å²) in [6.45, 7) is 0. The molecular formula is C7H9N5O4S. The Bertz CT molecular complexity index is 527. The molecule has 0 aliphatic heterocycles. The average Bonchev–Trinajstić information content (AvgIpc) is 2.70. The Balaban J connectivity index is 0.000000181. The minimum absolute atomic E-state index is 0.509. The van der Waals surface area contributed by atoms with E-state index in [0.717, 1.165) is 0 Å². The van der Waals surface area contributed by atoms with Gasteiger partial charge in [-0.15, -0.1) is 5.10 Å². The van der Waals surface area contributed by atoms with Crippen molar-refractivity contribution in [3.05, 3.63) is 37.1 Å². The Hall–Kier alpha value is -2.20. The third-order valence-electron chi connectivity index (χ3n) is 1.26. The first-order chi connectivity index (χ1) is 7.97. The highest BCUT2D eigenvalue weighted by atomic mass is 32.3. The second-order valence-electron chi connectivity index (χ2n) is 2.55. The van der Waals surface area contributed by atoms with Crippen molar-refractivity contribution >= 4 is 16.2 Å². The van der Waals surface area contributed by atoms with Crippen LogP contribution in [-0.4, -0.2) is 32.9 Å². The zero-order valence-corrected chi connectivity index (χ0v) is 9.23. The van der Waals surface area contributed by atoms with E-state index in [4.69, 9.17) is 10.3 Å². The summed E-state index contributed by atoms with van der Waals surface area (Å²) < 4.78 is 31.9. The molecule has 92 valence electrons. The van der Waals surface area contributed by atoms with E-state index in [1.807, 2.05) is 0 Å². The number of rotatable bonds is 2. The molecule has 10 heteroatoms. The van der Waals surface area contributed by atoms with Crippen LogP contribution in [0.4, 0.5) is 5.82 Å². The molecule has 0 aliphatic carbocycles. The fourth-order valence-electron chi connectivity index (χ4n) is 0.696. The molecule has 0 fully saturated rings. The maximum absolute atomic E-state index is 9.97. The van der Waals surface area contributed by atoms with Crippen molar-refractivity contribution in [3.63, 3.8) is 0 Å². The van der Waals surface area contributed by atoms with Crippen molar-refractivity contribution in [1.82, 2.24) is 19.9 Å². The van der Waals surface area contributed by atoms with Gasteiger partial charge in [0.15, 0.2) is 0 Å². The lowest BCUT2D eigenvalue weighted by molar-refractivity contribution is 0.208. The van der Waals surface area contributed by atoms with Crippen LogP contribution >= 0.6 is 0 Å². The van der Waals surface area contributed by atoms with Crippen LogP contribution in [0.3, 0.4) is 0 Å². The fraction of sp³-hybridized carbons (Fsp3) is 0. The average molecular weight is 259 g/mol. The molecule has 0 atom stereocenters. The number of nitrogen functional groups attached to an aromatic ring is 1. The lowest BCUT2D eigenvalue weighted by atomic mass is 10.6. The first-order valence-electron chi connectivity index (χ1n) is 4.16. The van der Waals surface area contributed by atoms with E-state index in [2.05, 4.69) is 19.4 Å². The Kier molecular flexibility index (Phi) is 4.37. The highest BCUT2D eigenvalue weighted by Gasteiger charge is 2.04. The monoisotopic (exact) mass is 259 g/mol. The van der Waals surface area contributed by atoms with Crippen LogP contribution in [0.2, 0.25) is 0 Å². The van der Waals surface area contributed by atoms with Gasteiger partial charge in [-0.05, 0) is 12.1 Å². The molecule has 0 unspecified atom stereocenters. The van der Waals surface area contributed by atoms with E-state index >= 15 is 0 Å². The van der Waals surface area contributed by atoms with E-state index in [-0.39, 0.29) is 0 Å². The molecule has 2 heterocycles. The van der Waals surface area contributed by atoms with Gasteiger partial charge in [-0.1, -0.05) is 4.85 Å². The third kappa shape index (κ3) is 6.06. The molecular weight excluding hydrogens is 250 g/mol. The minimum atomic E-state index is -4.45. The lowest BCUT2D eigenvalue weighted by Crippen LogP contribution is -2.19. The largest absolute Gasteiger partial charge is 0.466 e. The summed E-state index contributed by atoms with van der Waals surface area (Å²) in [5.74, 6) is 0.509. The SMILES string of the molecule is Nc1ccncn1.O=S(=O)(O)On1cccn1. The summed E-state index contributed by atoms with van der Waals surface area (Å²) in [5, 5.41) is 3.36. The minimum Gasteiger partial charge on any atom is -0.384 e. The predicted molar refractivity (Wildman–Crippen MR) is 56.8 cm³/mol. The molecule has 3 N–H and O–H groups in total. The van der Waals surface area contributed by atoms with Crippen molar-refractivity contribution < 1.29 is 17.3 Å². The van der Waals surface area contributed by atoms with Gasteiger partial charge in [0.1, 0.15) is 12.1 Å². The summed E-state index contributed by atoms with van der Waals surface area (Å²) in [6, 6.07) is 3.09. The third-order valence-corrected chi connectivity index (χ3v) is 1.60. The summed E-state index contributed by atoms with van der Waals surface area (Å²) >= 11 is 0. The zero-order chi connectivity index (χ0) is 12.7. The molecule has 0 amide bonds. The summed E-state index contributed by atoms with van der Waals surface area (Å²) in [6.07, 6.45) is 5.55. The molecule has 2 rings (SSSR count). The lowest BCUT2D eigenvalue weighted by Gasteiger charge is -1.96. The number of hydrogen-bond acceptors (Lipinski definition) is 7. The number of hydrogen-bond donors (Lipinski definition) is 2.